The highest BCUT2D eigenvalue weighted by molar-refractivity contribution is 6.10. The molecule has 2 rings (SSSR count). The van der Waals surface area contributed by atoms with E-state index in [1.54, 1.807) is 17.0 Å². The molecule has 0 aliphatic carbocycles. The number of amides is 1. The van der Waals surface area contributed by atoms with Crippen molar-refractivity contribution in [3.8, 4) is 0 Å². The molecule has 3 nitrogen and oxygen atoms in total. The Bertz CT molecular complexity index is 453. The molecule has 1 fully saturated rings. The molecule has 0 bridgehead atoms. The van der Waals surface area contributed by atoms with Gasteiger partial charge in [0, 0.05) is 12.1 Å². The predicted octanol–water partition coefficient (Wildman–Crippen LogP) is 2.64. The Kier molecular flexibility index (Phi) is 3.92. The Morgan fingerprint density at radius 1 is 1.28 bits per heavy atom. The maximum absolute atomic E-state index is 12.3. The van der Waals surface area contributed by atoms with Crippen LogP contribution in [0.15, 0.2) is 43.1 Å². The van der Waals surface area contributed by atoms with Gasteiger partial charge in [0.1, 0.15) is 5.92 Å². The molecule has 1 aromatic carbocycles. The zero-order chi connectivity index (χ0) is 13.0. The average molecular weight is 243 g/mol. The molecule has 3 heteroatoms. The summed E-state index contributed by atoms with van der Waals surface area (Å²) in [6, 6.07) is 9.03. The molecule has 0 aromatic heterocycles. The van der Waals surface area contributed by atoms with E-state index < -0.39 is 5.92 Å². The number of hydrogen-bond acceptors (Lipinski definition) is 2. The lowest BCUT2D eigenvalue weighted by atomic mass is 9.93. The van der Waals surface area contributed by atoms with Crippen LogP contribution in [0.25, 0.3) is 0 Å². The van der Waals surface area contributed by atoms with Gasteiger partial charge in [0.15, 0.2) is 5.78 Å². The third-order valence-corrected chi connectivity index (χ3v) is 3.32. The number of nitrogens with zero attached hydrogens (tertiary/aromatic N) is 1. The minimum atomic E-state index is -0.548. The summed E-state index contributed by atoms with van der Waals surface area (Å²) in [5.41, 5.74) is 0.613. The van der Waals surface area contributed by atoms with Crippen molar-refractivity contribution in [1.82, 2.24) is 4.90 Å². The molecule has 1 aliphatic heterocycles. The molecular formula is C15H17NO2. The van der Waals surface area contributed by atoms with E-state index >= 15 is 0 Å². The van der Waals surface area contributed by atoms with Gasteiger partial charge >= 0.3 is 0 Å². The summed E-state index contributed by atoms with van der Waals surface area (Å²) in [5, 5.41) is 0. The molecular weight excluding hydrogens is 226 g/mol. The van der Waals surface area contributed by atoms with Gasteiger partial charge in [-0.2, -0.15) is 0 Å². The van der Waals surface area contributed by atoms with Crippen LogP contribution in [0.5, 0.6) is 0 Å². The Hall–Kier alpha value is -1.90. The van der Waals surface area contributed by atoms with E-state index in [0.717, 1.165) is 12.8 Å². The fourth-order valence-corrected chi connectivity index (χ4v) is 2.29. The molecule has 18 heavy (non-hydrogen) atoms. The fourth-order valence-electron chi connectivity index (χ4n) is 2.29. The Labute approximate surface area is 107 Å². The van der Waals surface area contributed by atoms with Crippen molar-refractivity contribution >= 4 is 11.7 Å². The van der Waals surface area contributed by atoms with Crippen molar-refractivity contribution in [3.63, 3.8) is 0 Å². The smallest absolute Gasteiger partial charge is 0.237 e. The van der Waals surface area contributed by atoms with E-state index in [2.05, 4.69) is 6.58 Å². The summed E-state index contributed by atoms with van der Waals surface area (Å²) >= 11 is 0. The number of carbonyl (C=O) groups excluding carboxylic acids is 2. The molecule has 1 aromatic rings. The third kappa shape index (κ3) is 2.50. The van der Waals surface area contributed by atoms with Crippen molar-refractivity contribution in [2.75, 3.05) is 6.54 Å². The first-order chi connectivity index (χ1) is 8.74. The molecule has 0 N–H and O–H groups in total. The molecule has 0 saturated carbocycles. The van der Waals surface area contributed by atoms with Gasteiger partial charge in [0.05, 0.1) is 0 Å². The van der Waals surface area contributed by atoms with E-state index in [1.165, 1.54) is 6.20 Å². The van der Waals surface area contributed by atoms with E-state index in [1.807, 2.05) is 18.2 Å². The maximum atomic E-state index is 12.3. The molecule has 1 aliphatic rings. The fraction of sp³-hybridized carbons (Fsp3) is 0.333. The lowest BCUT2D eigenvalue weighted by Gasteiger charge is -2.19. The summed E-state index contributed by atoms with van der Waals surface area (Å²) in [5.74, 6) is -0.737. The number of hydrogen-bond donors (Lipinski definition) is 0. The average Bonchev–Trinajstić information content (AvgIpc) is 2.60. The van der Waals surface area contributed by atoms with Gasteiger partial charge < -0.3 is 4.90 Å². The maximum Gasteiger partial charge on any atom is 0.237 e. The van der Waals surface area contributed by atoms with Crippen LogP contribution in [0.2, 0.25) is 0 Å². The highest BCUT2D eigenvalue weighted by Gasteiger charge is 2.31. The quantitative estimate of drug-likeness (QED) is 0.604. The first kappa shape index (κ1) is 12.6. The number of likely N-dealkylation sites (tertiary alicyclic amines) is 1. The van der Waals surface area contributed by atoms with Crippen molar-refractivity contribution in [2.24, 2.45) is 5.92 Å². The number of Topliss-reactive ketones (excluding diaryl/α,β-unsaturated/α-hetero) is 1. The van der Waals surface area contributed by atoms with Gasteiger partial charge in [0.2, 0.25) is 5.91 Å². The van der Waals surface area contributed by atoms with Crippen LogP contribution < -0.4 is 0 Å². The molecule has 0 unspecified atom stereocenters. The number of ketones is 1. The number of carbonyl (C=O) groups is 2. The summed E-state index contributed by atoms with van der Waals surface area (Å²) in [7, 11) is 0. The molecule has 1 atom stereocenters. The van der Waals surface area contributed by atoms with Crippen LogP contribution in [-0.2, 0) is 4.79 Å². The second-order valence-corrected chi connectivity index (χ2v) is 4.49. The van der Waals surface area contributed by atoms with Crippen molar-refractivity contribution in [1.29, 1.82) is 0 Å². The highest BCUT2D eigenvalue weighted by atomic mass is 16.2. The summed E-state index contributed by atoms with van der Waals surface area (Å²) in [4.78, 5) is 26.1. The molecule has 1 saturated heterocycles. The van der Waals surface area contributed by atoms with E-state index in [4.69, 9.17) is 0 Å². The van der Waals surface area contributed by atoms with Crippen LogP contribution >= 0.6 is 0 Å². The van der Waals surface area contributed by atoms with Gasteiger partial charge in [-0.15, -0.1) is 0 Å². The van der Waals surface area contributed by atoms with Gasteiger partial charge in [-0.05, 0) is 19.0 Å². The van der Waals surface area contributed by atoms with E-state index in [-0.39, 0.29) is 11.7 Å². The lowest BCUT2D eigenvalue weighted by molar-refractivity contribution is -0.130. The van der Waals surface area contributed by atoms with Crippen molar-refractivity contribution < 1.29 is 9.59 Å². The molecule has 1 heterocycles. The largest absolute Gasteiger partial charge is 0.319 e. The first-order valence-corrected chi connectivity index (χ1v) is 6.26. The van der Waals surface area contributed by atoms with Crippen LogP contribution in [0.4, 0.5) is 0 Å². The van der Waals surface area contributed by atoms with Gasteiger partial charge in [-0.25, -0.2) is 0 Å². The molecule has 1 amide bonds. The minimum Gasteiger partial charge on any atom is -0.319 e. The second-order valence-electron chi connectivity index (χ2n) is 4.49. The SMILES string of the molecule is C=CN1CCCC[C@@H](C(=O)c2ccccc2)C1=O. The topological polar surface area (TPSA) is 37.4 Å². The van der Waals surface area contributed by atoms with Gasteiger partial charge in [0.25, 0.3) is 0 Å². The van der Waals surface area contributed by atoms with Crippen molar-refractivity contribution in [2.45, 2.75) is 19.3 Å². The zero-order valence-electron chi connectivity index (χ0n) is 10.3. The standard InChI is InChI=1S/C15H17NO2/c1-2-16-11-7-6-10-13(15(16)18)14(17)12-8-4-3-5-9-12/h2-5,8-9,13H,1,6-7,10-11H2/t13-/m0/s1. The van der Waals surface area contributed by atoms with Gasteiger partial charge in [-0.1, -0.05) is 43.3 Å². The zero-order valence-corrected chi connectivity index (χ0v) is 10.3. The highest BCUT2D eigenvalue weighted by Crippen LogP contribution is 2.22. The lowest BCUT2D eigenvalue weighted by Crippen LogP contribution is -2.34. The van der Waals surface area contributed by atoms with Gasteiger partial charge in [-0.3, -0.25) is 9.59 Å². The normalized spacial score (nSPS) is 20.3. The summed E-state index contributed by atoms with van der Waals surface area (Å²) in [6.07, 6.45) is 3.99. The molecule has 94 valence electrons. The Morgan fingerprint density at radius 3 is 2.67 bits per heavy atom. The Balaban J connectivity index is 2.23. The molecule has 0 radical (unpaired) electrons. The van der Waals surface area contributed by atoms with Crippen LogP contribution in [0, 0.1) is 5.92 Å². The molecule has 0 spiro atoms. The van der Waals surface area contributed by atoms with E-state index in [0.29, 0.717) is 18.5 Å². The van der Waals surface area contributed by atoms with Crippen molar-refractivity contribution in [3.05, 3.63) is 48.7 Å². The number of rotatable bonds is 3. The van der Waals surface area contributed by atoms with Crippen LogP contribution in [0.1, 0.15) is 29.6 Å². The Morgan fingerprint density at radius 2 is 2.00 bits per heavy atom. The third-order valence-electron chi connectivity index (χ3n) is 3.32. The minimum absolute atomic E-state index is 0.0747. The summed E-state index contributed by atoms with van der Waals surface area (Å²) in [6.45, 7) is 4.30. The predicted molar refractivity (Wildman–Crippen MR) is 70.0 cm³/mol. The number of benzene rings is 1. The van der Waals surface area contributed by atoms with E-state index in [9.17, 15) is 9.59 Å². The summed E-state index contributed by atoms with van der Waals surface area (Å²) < 4.78 is 0. The second kappa shape index (κ2) is 5.63. The van der Waals surface area contributed by atoms with Crippen LogP contribution in [-0.4, -0.2) is 23.1 Å². The van der Waals surface area contributed by atoms with Crippen LogP contribution in [0.3, 0.4) is 0 Å². The monoisotopic (exact) mass is 243 g/mol. The first-order valence-electron chi connectivity index (χ1n) is 6.26.